The highest BCUT2D eigenvalue weighted by molar-refractivity contribution is 4.30. The van der Waals surface area contributed by atoms with Crippen LogP contribution in [0.2, 0.25) is 0 Å². The molecule has 0 fully saturated rings. The molecule has 0 unspecified atom stereocenters. The minimum absolute atomic E-state index is 0.163. The second kappa shape index (κ2) is 3.12. The van der Waals surface area contributed by atoms with E-state index in [0.29, 0.717) is 0 Å². The molecule has 0 saturated carbocycles. The molecule has 0 atom stereocenters. The molecule has 2 heteroatoms. The lowest BCUT2D eigenvalue weighted by Crippen LogP contribution is -2.17. The lowest BCUT2D eigenvalue weighted by Gasteiger charge is -2.06. The largest absolute Gasteiger partial charge is 0.381 e. The first-order valence-corrected chi connectivity index (χ1v) is 2.10. The van der Waals surface area contributed by atoms with E-state index in [0.717, 1.165) is 6.54 Å². The summed E-state index contributed by atoms with van der Waals surface area (Å²) in [6, 6.07) is 0. The van der Waals surface area contributed by atoms with Gasteiger partial charge in [-0.05, 0) is 13.6 Å². The fourth-order valence-corrected chi connectivity index (χ4v) is 0.1000. The zero-order valence-corrected chi connectivity index (χ0v) is 4.31. The maximum Gasteiger partial charge on any atom is 0.0953 e. The van der Waals surface area contributed by atoms with Gasteiger partial charge in [0.05, 0.1) is 6.73 Å². The third-order valence-electron chi connectivity index (χ3n) is 0.781. The molecule has 0 heterocycles. The maximum absolute atomic E-state index is 8.26. The summed E-state index contributed by atoms with van der Waals surface area (Å²) in [6.45, 7) is 3.07. The van der Waals surface area contributed by atoms with Gasteiger partial charge in [0.1, 0.15) is 0 Å². The molecular weight excluding hydrogens is 78.0 g/mol. The minimum Gasteiger partial charge on any atom is -0.381 e. The number of rotatable bonds is 2. The summed E-state index contributed by atoms with van der Waals surface area (Å²) in [5, 5.41) is 8.26. The number of aliphatic hydroxyl groups excluding tert-OH is 1. The van der Waals surface area contributed by atoms with Gasteiger partial charge in [0.2, 0.25) is 0 Å². The molecule has 6 heavy (non-hydrogen) atoms. The summed E-state index contributed by atoms with van der Waals surface area (Å²) in [6.07, 6.45) is 0. The second-order valence-electron chi connectivity index (χ2n) is 1.31. The van der Waals surface area contributed by atoms with Gasteiger partial charge >= 0.3 is 0 Å². The first-order chi connectivity index (χ1) is 2.81. The van der Waals surface area contributed by atoms with Gasteiger partial charge in [-0.25, -0.2) is 0 Å². The van der Waals surface area contributed by atoms with E-state index in [1.165, 1.54) is 0 Å². The first-order valence-electron chi connectivity index (χ1n) is 2.10. The van der Waals surface area contributed by atoms with Crippen molar-refractivity contribution in [2.24, 2.45) is 0 Å². The molecule has 0 radical (unpaired) electrons. The van der Waals surface area contributed by atoms with Crippen LogP contribution < -0.4 is 0 Å². The number of aliphatic hydroxyl groups is 1. The monoisotopic (exact) mass is 89.1 g/mol. The van der Waals surface area contributed by atoms with Crippen LogP contribution >= 0.6 is 0 Å². The van der Waals surface area contributed by atoms with Crippen LogP contribution in [0.25, 0.3) is 0 Å². The molecule has 0 amide bonds. The quantitative estimate of drug-likeness (QED) is 0.477. The van der Waals surface area contributed by atoms with Gasteiger partial charge in [-0.3, -0.25) is 4.90 Å². The summed E-state index contributed by atoms with van der Waals surface area (Å²) in [5.74, 6) is 0. The molecular formula is C4H11NO. The molecule has 0 aromatic rings. The van der Waals surface area contributed by atoms with Gasteiger partial charge in [0.25, 0.3) is 0 Å². The molecule has 0 aliphatic carbocycles. The van der Waals surface area contributed by atoms with Crippen molar-refractivity contribution in [3.05, 3.63) is 0 Å². The van der Waals surface area contributed by atoms with Crippen molar-refractivity contribution in [3.63, 3.8) is 0 Å². The minimum atomic E-state index is 0.163. The van der Waals surface area contributed by atoms with E-state index >= 15 is 0 Å². The molecule has 0 rings (SSSR count). The zero-order valence-electron chi connectivity index (χ0n) is 4.31. The van der Waals surface area contributed by atoms with E-state index in [1.54, 1.807) is 4.90 Å². The Labute approximate surface area is 38.4 Å². The van der Waals surface area contributed by atoms with Crippen molar-refractivity contribution < 1.29 is 5.11 Å². The van der Waals surface area contributed by atoms with E-state index < -0.39 is 0 Å². The van der Waals surface area contributed by atoms with Gasteiger partial charge < -0.3 is 5.11 Å². The van der Waals surface area contributed by atoms with Crippen LogP contribution in [0.3, 0.4) is 0 Å². The van der Waals surface area contributed by atoms with Crippen molar-refractivity contribution in [1.29, 1.82) is 0 Å². The van der Waals surface area contributed by atoms with E-state index in [-0.39, 0.29) is 6.73 Å². The van der Waals surface area contributed by atoms with Gasteiger partial charge in [0, 0.05) is 0 Å². The van der Waals surface area contributed by atoms with Gasteiger partial charge in [-0.1, -0.05) is 6.92 Å². The average Bonchev–Trinajstić information content (AvgIpc) is 1.65. The highest BCUT2D eigenvalue weighted by atomic mass is 16.3. The molecule has 38 valence electrons. The summed E-state index contributed by atoms with van der Waals surface area (Å²) < 4.78 is 0. The van der Waals surface area contributed by atoms with Gasteiger partial charge in [0.15, 0.2) is 0 Å². The Morgan fingerprint density at radius 3 is 2.17 bits per heavy atom. The summed E-state index contributed by atoms with van der Waals surface area (Å²) >= 11 is 0. The Kier molecular flexibility index (Phi) is 3.08. The Balaban J connectivity index is 2.75. The lowest BCUT2D eigenvalue weighted by atomic mass is 10.7. The Bertz CT molecular complexity index is 26.7. The van der Waals surface area contributed by atoms with Crippen LogP contribution in [0.1, 0.15) is 6.92 Å². The topological polar surface area (TPSA) is 23.5 Å². The second-order valence-corrected chi connectivity index (χ2v) is 1.31. The lowest BCUT2D eigenvalue weighted by molar-refractivity contribution is 0.138. The maximum atomic E-state index is 8.26. The van der Waals surface area contributed by atoms with Crippen LogP contribution in [0.5, 0.6) is 0 Å². The number of hydrogen-bond acceptors (Lipinski definition) is 2. The first kappa shape index (κ1) is 5.92. The normalized spacial score (nSPS) is 10.0. The van der Waals surface area contributed by atoms with Crippen LogP contribution in [0.4, 0.5) is 0 Å². The Morgan fingerprint density at radius 1 is 1.67 bits per heavy atom. The molecule has 0 aromatic carbocycles. The van der Waals surface area contributed by atoms with Crippen molar-refractivity contribution >= 4 is 0 Å². The van der Waals surface area contributed by atoms with E-state index in [2.05, 4.69) is 0 Å². The third kappa shape index (κ3) is 2.18. The van der Waals surface area contributed by atoms with Crippen LogP contribution in [0, 0.1) is 0 Å². The fraction of sp³-hybridized carbons (Fsp3) is 1.00. The predicted octanol–water partition coefficient (Wildman–Crippen LogP) is -0.112. The third-order valence-corrected chi connectivity index (χ3v) is 0.781. The molecule has 0 aliphatic heterocycles. The van der Waals surface area contributed by atoms with Crippen LogP contribution in [-0.4, -0.2) is 30.3 Å². The van der Waals surface area contributed by atoms with Crippen LogP contribution in [0.15, 0.2) is 0 Å². The molecule has 0 aliphatic rings. The SMILES string of the molecule is CCN(C)CO. The average molecular weight is 89.1 g/mol. The molecule has 2 nitrogen and oxygen atoms in total. The number of hydrogen-bond donors (Lipinski definition) is 1. The number of nitrogens with zero attached hydrogens (tertiary/aromatic N) is 1. The molecule has 1 N–H and O–H groups in total. The van der Waals surface area contributed by atoms with Gasteiger partial charge in [-0.2, -0.15) is 0 Å². The zero-order chi connectivity index (χ0) is 4.99. The molecule has 0 spiro atoms. The van der Waals surface area contributed by atoms with Crippen molar-refractivity contribution in [1.82, 2.24) is 4.90 Å². The summed E-state index contributed by atoms with van der Waals surface area (Å²) in [5.41, 5.74) is 0. The van der Waals surface area contributed by atoms with E-state index in [4.69, 9.17) is 5.11 Å². The highest BCUT2D eigenvalue weighted by Crippen LogP contribution is 1.71. The van der Waals surface area contributed by atoms with Gasteiger partial charge in [-0.15, -0.1) is 0 Å². The van der Waals surface area contributed by atoms with E-state index in [9.17, 15) is 0 Å². The smallest absolute Gasteiger partial charge is 0.0953 e. The van der Waals surface area contributed by atoms with Crippen molar-refractivity contribution in [2.45, 2.75) is 6.92 Å². The highest BCUT2D eigenvalue weighted by Gasteiger charge is 1.82. The Hall–Kier alpha value is -0.0800. The van der Waals surface area contributed by atoms with Crippen molar-refractivity contribution in [2.75, 3.05) is 20.3 Å². The predicted molar refractivity (Wildman–Crippen MR) is 25.4 cm³/mol. The summed E-state index contributed by atoms with van der Waals surface area (Å²) in [7, 11) is 1.86. The summed E-state index contributed by atoms with van der Waals surface area (Å²) in [4.78, 5) is 1.81. The van der Waals surface area contributed by atoms with Crippen molar-refractivity contribution in [3.8, 4) is 0 Å². The molecule has 0 aromatic heterocycles. The fourth-order valence-electron chi connectivity index (χ4n) is 0.1000. The standard InChI is InChI=1S/C4H11NO/c1-3-5(2)4-6/h6H,3-4H2,1-2H3. The van der Waals surface area contributed by atoms with Crippen LogP contribution in [-0.2, 0) is 0 Å². The molecule has 0 saturated heterocycles. The van der Waals surface area contributed by atoms with E-state index in [1.807, 2.05) is 14.0 Å². The molecule has 0 bridgehead atoms. The Morgan fingerprint density at radius 2 is 2.17 bits per heavy atom.